The maximum Gasteiger partial charge on any atom is 0.294 e. The molecule has 1 aromatic carbocycles. The lowest BCUT2D eigenvalue weighted by atomic mass is 10.2. The standard InChI is InChI=1S/C10H9ClN6O3/c1-16-9(13-14-15-16)5-10(18)12-7-3-2-6(11)4-8(7)17(19)20/h2-4H,5H2,1H3,(H,12,18). The quantitative estimate of drug-likeness (QED) is 0.663. The summed E-state index contributed by atoms with van der Waals surface area (Å²) >= 11 is 5.69. The third kappa shape index (κ3) is 3.06. The first-order valence-corrected chi connectivity index (χ1v) is 5.80. The van der Waals surface area contributed by atoms with Crippen molar-refractivity contribution in [3.05, 3.63) is 39.2 Å². The summed E-state index contributed by atoms with van der Waals surface area (Å²) < 4.78 is 1.34. The second kappa shape index (κ2) is 5.61. The maximum atomic E-state index is 11.8. The molecule has 0 atom stereocenters. The summed E-state index contributed by atoms with van der Waals surface area (Å²) in [6.45, 7) is 0. The lowest BCUT2D eigenvalue weighted by molar-refractivity contribution is -0.383. The second-order valence-corrected chi connectivity index (χ2v) is 4.30. The molecular weight excluding hydrogens is 288 g/mol. The number of rotatable bonds is 4. The Bertz CT molecular complexity index is 671. The molecule has 0 aliphatic heterocycles. The highest BCUT2D eigenvalue weighted by molar-refractivity contribution is 6.31. The smallest absolute Gasteiger partial charge is 0.294 e. The molecule has 1 amide bonds. The summed E-state index contributed by atoms with van der Waals surface area (Å²) in [6.07, 6.45) is -0.0940. The van der Waals surface area contributed by atoms with E-state index in [9.17, 15) is 14.9 Å². The zero-order valence-electron chi connectivity index (χ0n) is 10.3. The van der Waals surface area contributed by atoms with E-state index in [4.69, 9.17) is 11.6 Å². The van der Waals surface area contributed by atoms with Gasteiger partial charge in [-0.1, -0.05) is 11.6 Å². The van der Waals surface area contributed by atoms with Crippen molar-refractivity contribution in [3.8, 4) is 0 Å². The van der Waals surface area contributed by atoms with Gasteiger partial charge in [0.25, 0.3) is 5.69 Å². The van der Waals surface area contributed by atoms with Crippen LogP contribution in [0.4, 0.5) is 11.4 Å². The monoisotopic (exact) mass is 296 g/mol. The van der Waals surface area contributed by atoms with Gasteiger partial charge in [-0.05, 0) is 22.6 Å². The van der Waals surface area contributed by atoms with Crippen LogP contribution in [0.25, 0.3) is 0 Å². The summed E-state index contributed by atoms with van der Waals surface area (Å²) in [4.78, 5) is 22.1. The van der Waals surface area contributed by atoms with Gasteiger partial charge in [-0.15, -0.1) is 5.10 Å². The number of carbonyl (C=O) groups is 1. The summed E-state index contributed by atoms with van der Waals surface area (Å²) in [5.74, 6) is -0.118. The van der Waals surface area contributed by atoms with Gasteiger partial charge in [0, 0.05) is 18.1 Å². The van der Waals surface area contributed by atoms with Crippen LogP contribution in [0.5, 0.6) is 0 Å². The number of anilines is 1. The van der Waals surface area contributed by atoms with E-state index in [2.05, 4.69) is 20.8 Å². The number of hydrogen-bond donors (Lipinski definition) is 1. The van der Waals surface area contributed by atoms with E-state index < -0.39 is 10.8 Å². The minimum absolute atomic E-state index is 0.0690. The van der Waals surface area contributed by atoms with Gasteiger partial charge in [0.15, 0.2) is 5.82 Å². The number of nitro groups is 1. The molecule has 10 heteroatoms. The van der Waals surface area contributed by atoms with E-state index >= 15 is 0 Å². The Balaban J connectivity index is 2.16. The fourth-order valence-electron chi connectivity index (χ4n) is 1.50. The highest BCUT2D eigenvalue weighted by Gasteiger charge is 2.17. The van der Waals surface area contributed by atoms with E-state index in [1.807, 2.05) is 0 Å². The largest absolute Gasteiger partial charge is 0.320 e. The van der Waals surface area contributed by atoms with Crippen LogP contribution in [-0.2, 0) is 18.3 Å². The number of carbonyl (C=O) groups excluding carboxylic acids is 1. The van der Waals surface area contributed by atoms with Crippen LogP contribution in [0.2, 0.25) is 5.02 Å². The molecule has 1 N–H and O–H groups in total. The van der Waals surface area contributed by atoms with Gasteiger partial charge in [-0.25, -0.2) is 4.68 Å². The Kier molecular flexibility index (Phi) is 3.89. The maximum absolute atomic E-state index is 11.8. The van der Waals surface area contributed by atoms with Crippen molar-refractivity contribution in [2.75, 3.05) is 5.32 Å². The first kappa shape index (κ1) is 13.9. The molecule has 0 spiro atoms. The van der Waals surface area contributed by atoms with Gasteiger partial charge in [0.2, 0.25) is 5.91 Å². The van der Waals surface area contributed by atoms with Crippen LogP contribution in [0, 0.1) is 10.1 Å². The van der Waals surface area contributed by atoms with Crippen molar-refractivity contribution >= 4 is 28.9 Å². The summed E-state index contributed by atoms with van der Waals surface area (Å²) in [5.41, 5.74) is -0.207. The van der Waals surface area contributed by atoms with Gasteiger partial charge in [0.05, 0.1) is 11.3 Å². The molecule has 2 rings (SSSR count). The van der Waals surface area contributed by atoms with Gasteiger partial charge in [-0.3, -0.25) is 14.9 Å². The number of nitrogens with zero attached hydrogens (tertiary/aromatic N) is 5. The molecule has 0 unspecified atom stereocenters. The Hall–Kier alpha value is -2.55. The predicted octanol–water partition coefficient (Wildman–Crippen LogP) is 0.953. The first-order valence-electron chi connectivity index (χ1n) is 5.42. The van der Waals surface area contributed by atoms with Crippen molar-refractivity contribution in [2.24, 2.45) is 7.05 Å². The molecular formula is C10H9ClN6O3. The van der Waals surface area contributed by atoms with Crippen molar-refractivity contribution in [2.45, 2.75) is 6.42 Å². The van der Waals surface area contributed by atoms with Crippen molar-refractivity contribution in [1.29, 1.82) is 0 Å². The van der Waals surface area contributed by atoms with E-state index in [1.54, 1.807) is 7.05 Å². The molecule has 1 aromatic heterocycles. The SMILES string of the molecule is Cn1nnnc1CC(=O)Nc1ccc(Cl)cc1[N+](=O)[O-]. The molecule has 0 bridgehead atoms. The molecule has 20 heavy (non-hydrogen) atoms. The third-order valence-corrected chi connectivity index (χ3v) is 2.69. The zero-order valence-corrected chi connectivity index (χ0v) is 11.0. The Morgan fingerprint density at radius 1 is 1.55 bits per heavy atom. The fraction of sp³-hybridized carbons (Fsp3) is 0.200. The number of tetrazole rings is 1. The van der Waals surface area contributed by atoms with Crippen molar-refractivity contribution in [3.63, 3.8) is 0 Å². The van der Waals surface area contributed by atoms with Gasteiger partial charge in [-0.2, -0.15) is 0 Å². The molecule has 0 saturated carbocycles. The van der Waals surface area contributed by atoms with E-state index in [1.165, 1.54) is 22.9 Å². The van der Waals surface area contributed by atoms with Crippen LogP contribution < -0.4 is 5.32 Å². The molecule has 0 fully saturated rings. The number of amides is 1. The van der Waals surface area contributed by atoms with E-state index in [0.29, 0.717) is 5.82 Å². The molecule has 0 aliphatic rings. The van der Waals surface area contributed by atoms with Crippen LogP contribution in [-0.4, -0.2) is 31.0 Å². The van der Waals surface area contributed by atoms with Gasteiger partial charge >= 0.3 is 0 Å². The Morgan fingerprint density at radius 3 is 2.90 bits per heavy atom. The summed E-state index contributed by atoms with van der Waals surface area (Å²) in [7, 11) is 1.59. The highest BCUT2D eigenvalue weighted by atomic mass is 35.5. The summed E-state index contributed by atoms with van der Waals surface area (Å²) in [5, 5.41) is 24.2. The highest BCUT2D eigenvalue weighted by Crippen LogP contribution is 2.27. The van der Waals surface area contributed by atoms with Crippen LogP contribution in [0.1, 0.15) is 5.82 Å². The molecule has 104 valence electrons. The molecule has 2 aromatic rings. The number of benzene rings is 1. The number of nitro benzene ring substituents is 1. The fourth-order valence-corrected chi connectivity index (χ4v) is 1.66. The van der Waals surface area contributed by atoms with Gasteiger partial charge < -0.3 is 5.32 Å². The van der Waals surface area contributed by atoms with Gasteiger partial charge in [0.1, 0.15) is 5.69 Å². The number of aryl methyl sites for hydroxylation is 1. The molecule has 0 saturated heterocycles. The third-order valence-electron chi connectivity index (χ3n) is 2.46. The topological polar surface area (TPSA) is 116 Å². The molecule has 0 radical (unpaired) electrons. The minimum Gasteiger partial charge on any atom is -0.320 e. The first-order chi connectivity index (χ1) is 9.47. The number of aromatic nitrogens is 4. The van der Waals surface area contributed by atoms with E-state index in [-0.39, 0.29) is 22.8 Å². The van der Waals surface area contributed by atoms with Crippen LogP contribution >= 0.6 is 11.6 Å². The van der Waals surface area contributed by atoms with Crippen LogP contribution in [0.3, 0.4) is 0 Å². The second-order valence-electron chi connectivity index (χ2n) is 3.86. The Morgan fingerprint density at radius 2 is 2.30 bits per heavy atom. The normalized spacial score (nSPS) is 10.3. The molecule has 1 heterocycles. The predicted molar refractivity (Wildman–Crippen MR) is 69.2 cm³/mol. The minimum atomic E-state index is -0.620. The molecule has 0 aliphatic carbocycles. The summed E-state index contributed by atoms with van der Waals surface area (Å²) in [6, 6.07) is 3.99. The average Bonchev–Trinajstić information content (AvgIpc) is 2.77. The lowest BCUT2D eigenvalue weighted by Gasteiger charge is -2.05. The number of halogens is 1. The van der Waals surface area contributed by atoms with E-state index in [0.717, 1.165) is 0 Å². The Labute approximate surface area is 117 Å². The average molecular weight is 297 g/mol. The molecule has 9 nitrogen and oxygen atoms in total. The van der Waals surface area contributed by atoms with Crippen molar-refractivity contribution < 1.29 is 9.72 Å². The van der Waals surface area contributed by atoms with Crippen molar-refractivity contribution in [1.82, 2.24) is 20.2 Å². The number of hydrogen-bond acceptors (Lipinski definition) is 6. The zero-order chi connectivity index (χ0) is 14.7. The van der Waals surface area contributed by atoms with Crippen LogP contribution in [0.15, 0.2) is 18.2 Å². The lowest BCUT2D eigenvalue weighted by Crippen LogP contribution is -2.17. The number of nitrogens with one attached hydrogen (secondary N) is 1.